The molecule has 0 aliphatic carbocycles. The zero-order chi connectivity index (χ0) is 27.2. The van der Waals surface area contributed by atoms with Crippen LogP contribution < -0.4 is 10.6 Å². The summed E-state index contributed by atoms with van der Waals surface area (Å²) in [5.41, 5.74) is -2.23. The summed E-state index contributed by atoms with van der Waals surface area (Å²) in [6.45, 7) is 6.91. The number of imidazole rings is 2. The van der Waals surface area contributed by atoms with E-state index in [0.29, 0.717) is 25.7 Å². The molecule has 0 unspecified atom stereocenters. The summed E-state index contributed by atoms with van der Waals surface area (Å²) >= 11 is 0. The number of H-pyrrole nitrogens is 2. The van der Waals surface area contributed by atoms with E-state index in [1.165, 1.54) is 0 Å². The van der Waals surface area contributed by atoms with Crippen LogP contribution in [0.2, 0.25) is 0 Å². The van der Waals surface area contributed by atoms with Gasteiger partial charge in [0, 0.05) is 24.8 Å². The maximum atomic E-state index is 11.4. The predicted molar refractivity (Wildman–Crippen MR) is 127 cm³/mol. The molecule has 14 nitrogen and oxygen atoms in total. The number of urea groups is 2. The van der Waals surface area contributed by atoms with E-state index in [1.807, 2.05) is 10.6 Å². The van der Waals surface area contributed by atoms with Gasteiger partial charge in [-0.1, -0.05) is 27.7 Å². The first-order valence-corrected chi connectivity index (χ1v) is 11.2. The fraction of sp³-hybridized carbons (Fsp3) is 0.455. The van der Waals surface area contributed by atoms with Crippen LogP contribution >= 0.6 is 0 Å². The van der Waals surface area contributed by atoms with Crippen LogP contribution in [0.4, 0.5) is 9.59 Å². The molecule has 0 saturated carbocycles. The number of nitrogens with zero attached hydrogens (tertiary/aromatic N) is 4. The van der Waals surface area contributed by atoms with Gasteiger partial charge in [-0.2, -0.15) is 0 Å². The van der Waals surface area contributed by atoms with Gasteiger partial charge in [-0.15, -0.1) is 0 Å². The first-order valence-electron chi connectivity index (χ1n) is 11.2. The molecule has 1 radical (unpaired) electrons. The minimum Gasteiger partial charge on any atom is -0.394 e. The number of carbonyl (C=O) groups excluding carboxylic acids is 6. The standard InChI is InChI=1S/2C8H12N2O3.2C3H4N2.Co/c2*1-3-8(4-2)5(11)9-7(13)10-6(8)12;2*1-2-5-3-4-1;/h2*3-4H2,1-2H3,(H2,9,10,11,12,13);2*1-3H,(H,4,5);/q;;;;+2/p-2. The van der Waals surface area contributed by atoms with E-state index in [4.69, 9.17) is 0 Å². The quantitative estimate of drug-likeness (QED) is 0.406. The molecule has 8 amide bonds. The Morgan fingerprint density at radius 3 is 1.14 bits per heavy atom. The van der Waals surface area contributed by atoms with E-state index in [1.54, 1.807) is 65.1 Å². The number of carbonyl (C=O) groups is 6. The summed E-state index contributed by atoms with van der Waals surface area (Å²) < 4.78 is 0. The molecule has 4 heterocycles. The Bertz CT molecular complexity index is 857. The van der Waals surface area contributed by atoms with Crippen molar-refractivity contribution in [1.29, 1.82) is 0 Å². The van der Waals surface area contributed by atoms with Crippen LogP contribution in [0.3, 0.4) is 0 Å². The second-order valence-electron chi connectivity index (χ2n) is 7.45. The van der Waals surface area contributed by atoms with E-state index in [2.05, 4.69) is 30.6 Å². The molecule has 0 aromatic carbocycles. The molecule has 0 atom stereocenters. The monoisotopic (exact) mass is 561 g/mol. The second kappa shape index (κ2) is 16.0. The first kappa shape index (κ1) is 33.1. The number of aromatic nitrogens is 4. The summed E-state index contributed by atoms with van der Waals surface area (Å²) in [7, 11) is 0. The van der Waals surface area contributed by atoms with E-state index in [-0.39, 0.29) is 16.8 Å². The van der Waals surface area contributed by atoms with Gasteiger partial charge in [-0.05, 0) is 25.7 Å². The number of nitrogens with one attached hydrogen (secondary N) is 4. The van der Waals surface area contributed by atoms with E-state index in [0.717, 1.165) is 0 Å². The number of barbiturate groups is 2. The van der Waals surface area contributed by atoms with Gasteiger partial charge in [-0.25, -0.2) is 9.97 Å². The maximum Gasteiger partial charge on any atom is 2.00 e. The van der Waals surface area contributed by atoms with E-state index < -0.39 is 46.5 Å². The smallest absolute Gasteiger partial charge is 0.394 e. The maximum absolute atomic E-state index is 11.4. The Hall–Kier alpha value is -3.85. The van der Waals surface area contributed by atoms with Crippen LogP contribution in [-0.2, 0) is 36.0 Å². The minimum absolute atomic E-state index is 0. The molecule has 203 valence electrons. The van der Waals surface area contributed by atoms with Crippen molar-refractivity contribution in [2.24, 2.45) is 10.8 Å². The predicted octanol–water partition coefficient (Wildman–Crippen LogP) is 2.70. The van der Waals surface area contributed by atoms with Crippen molar-refractivity contribution in [2.45, 2.75) is 53.4 Å². The molecule has 2 aromatic rings. The number of rotatable bonds is 4. The molecular formula is C22H30CoN8O6. The molecule has 4 rings (SSSR count). The third kappa shape index (κ3) is 8.64. The van der Waals surface area contributed by atoms with Crippen LogP contribution in [0.5, 0.6) is 0 Å². The van der Waals surface area contributed by atoms with Gasteiger partial charge in [-0.3, -0.25) is 28.8 Å². The molecule has 0 bridgehead atoms. The molecule has 37 heavy (non-hydrogen) atoms. The third-order valence-electron chi connectivity index (χ3n) is 5.76. The summed E-state index contributed by atoms with van der Waals surface area (Å²) in [5, 5.41) is 10.5. The van der Waals surface area contributed by atoms with Crippen molar-refractivity contribution in [3.8, 4) is 0 Å². The van der Waals surface area contributed by atoms with Gasteiger partial charge in [0.1, 0.15) is 0 Å². The third-order valence-corrected chi connectivity index (χ3v) is 5.76. The van der Waals surface area contributed by atoms with E-state index in [9.17, 15) is 28.8 Å². The van der Waals surface area contributed by atoms with Gasteiger partial charge in [0.15, 0.2) is 35.7 Å². The summed E-state index contributed by atoms with van der Waals surface area (Å²) in [4.78, 5) is 79.7. The fourth-order valence-corrected chi connectivity index (χ4v) is 3.26. The average molecular weight is 561 g/mol. The van der Waals surface area contributed by atoms with Gasteiger partial charge in [0.25, 0.3) is 0 Å². The van der Waals surface area contributed by atoms with E-state index >= 15 is 0 Å². The SMILES string of the molecule is CCC1(CC)C(=O)[N-]C(=O)NC1=O.CCC1(CC)C(=O)[N-]C(=O)NC1=O.[Co+2].c1c[nH]cn1.c1c[nH]cn1. The van der Waals surface area contributed by atoms with Gasteiger partial charge in [0.2, 0.25) is 0 Å². The Balaban J connectivity index is 0.000000502. The van der Waals surface area contributed by atoms with Crippen LogP contribution in [0, 0.1) is 10.8 Å². The molecule has 2 aromatic heterocycles. The van der Waals surface area contributed by atoms with Crippen LogP contribution in [-0.4, -0.2) is 55.6 Å². The van der Waals surface area contributed by atoms with Gasteiger partial charge >= 0.3 is 16.8 Å². The zero-order valence-corrected chi connectivity index (χ0v) is 21.9. The van der Waals surface area contributed by atoms with Crippen molar-refractivity contribution in [1.82, 2.24) is 30.6 Å². The summed E-state index contributed by atoms with van der Waals surface area (Å²) in [6, 6.07) is -1.71. The van der Waals surface area contributed by atoms with Crippen LogP contribution in [0.25, 0.3) is 10.6 Å². The molecular weight excluding hydrogens is 531 g/mol. The zero-order valence-electron chi connectivity index (χ0n) is 20.9. The molecule has 0 spiro atoms. The van der Waals surface area contributed by atoms with Crippen molar-refractivity contribution < 1.29 is 45.5 Å². The first-order chi connectivity index (χ1) is 17.1. The molecule has 4 N–H and O–H groups in total. The number of hydrogen-bond acceptors (Lipinski definition) is 8. The molecule has 2 saturated heterocycles. The number of hydrogen-bond donors (Lipinski definition) is 4. The minimum atomic E-state index is -1.12. The Kier molecular flexibility index (Phi) is 14.3. The largest absolute Gasteiger partial charge is 2.00 e. The second-order valence-corrected chi connectivity index (χ2v) is 7.45. The molecule has 2 aliphatic heterocycles. The summed E-state index contributed by atoms with van der Waals surface area (Å²) in [5.74, 6) is -2.29. The Morgan fingerprint density at radius 2 is 0.973 bits per heavy atom. The van der Waals surface area contributed by atoms with Crippen LogP contribution in [0.15, 0.2) is 37.4 Å². The molecule has 15 heteroatoms. The topological polar surface area (TPSA) is 212 Å². The van der Waals surface area contributed by atoms with Crippen LogP contribution in [0.1, 0.15) is 53.4 Å². The van der Waals surface area contributed by atoms with Gasteiger partial charge < -0.3 is 31.2 Å². The molecule has 2 aliphatic rings. The normalized spacial score (nSPS) is 16.9. The molecule has 2 fully saturated rings. The number of imide groups is 4. The number of aromatic amines is 2. The van der Waals surface area contributed by atoms with Crippen molar-refractivity contribution >= 4 is 35.7 Å². The Labute approximate surface area is 224 Å². The van der Waals surface area contributed by atoms with Crippen molar-refractivity contribution in [2.75, 3.05) is 0 Å². The van der Waals surface area contributed by atoms with Crippen molar-refractivity contribution in [3.63, 3.8) is 0 Å². The van der Waals surface area contributed by atoms with Gasteiger partial charge in [0.05, 0.1) is 23.5 Å². The Morgan fingerprint density at radius 1 is 0.649 bits per heavy atom. The van der Waals surface area contributed by atoms with Crippen molar-refractivity contribution in [3.05, 3.63) is 48.1 Å². The summed E-state index contributed by atoms with van der Waals surface area (Å²) in [6.07, 6.45) is 11.6. The fourth-order valence-electron chi connectivity index (χ4n) is 3.26. The number of amides is 8. The average Bonchev–Trinajstić information content (AvgIpc) is 3.60.